The average molecular weight is 566 g/mol. The molecule has 0 aliphatic rings. The van der Waals surface area contributed by atoms with Gasteiger partial charge in [0.05, 0.1) is 18.2 Å². The van der Waals surface area contributed by atoms with Crippen molar-refractivity contribution >= 4 is 32.9 Å². The van der Waals surface area contributed by atoms with Gasteiger partial charge in [-0.15, -0.1) is 18.0 Å². The number of ether oxygens (including phenoxy) is 1. The lowest BCUT2D eigenvalue weighted by atomic mass is 10.0. The molecule has 0 spiro atoms. The quantitative estimate of drug-likeness (QED) is 0.235. The third-order valence-electron chi connectivity index (χ3n) is 6.20. The van der Waals surface area contributed by atoms with E-state index in [-0.39, 0.29) is 5.04 Å². The molecule has 0 aliphatic heterocycles. The summed E-state index contributed by atoms with van der Waals surface area (Å²) in [5, 5.41) is 16.0. The molecule has 39 heavy (non-hydrogen) atoms. The second-order valence-corrected chi connectivity index (χ2v) is 22.0. The fourth-order valence-corrected chi connectivity index (χ4v) is 9.90. The zero-order chi connectivity index (χ0) is 29.5. The molecule has 0 heterocycles. The third kappa shape index (κ3) is 9.21. The summed E-state index contributed by atoms with van der Waals surface area (Å²) < 4.78 is 12.9. The predicted molar refractivity (Wildman–Crippen MR) is 168 cm³/mol. The molecule has 0 aromatic heterocycles. The summed E-state index contributed by atoms with van der Waals surface area (Å²) in [6, 6.07) is 19.8. The summed E-state index contributed by atoms with van der Waals surface area (Å²) >= 11 is 0. The molecule has 0 saturated carbocycles. The van der Waals surface area contributed by atoms with Gasteiger partial charge in [0.15, 0.2) is 0 Å². The molecule has 212 valence electrons. The Bertz CT molecular complexity index is 1100. The number of benzene rings is 2. The molecule has 7 heteroatoms. The van der Waals surface area contributed by atoms with E-state index in [1.54, 1.807) is 20.8 Å². The van der Waals surface area contributed by atoms with Gasteiger partial charge >= 0.3 is 6.09 Å². The van der Waals surface area contributed by atoms with E-state index < -0.39 is 46.3 Å². The van der Waals surface area contributed by atoms with Gasteiger partial charge in [-0.05, 0) is 36.2 Å². The Kier molecular flexibility index (Phi) is 11.0. The van der Waals surface area contributed by atoms with Gasteiger partial charge in [0.2, 0.25) is 0 Å². The van der Waals surface area contributed by atoms with Gasteiger partial charge in [0.25, 0.3) is 8.32 Å². The summed E-state index contributed by atoms with van der Waals surface area (Å²) in [6.45, 7) is 22.4. The molecule has 2 aromatic carbocycles. The minimum Gasteiger partial charge on any atom is -0.444 e. The van der Waals surface area contributed by atoms with Crippen molar-refractivity contribution < 1.29 is 19.1 Å². The van der Waals surface area contributed by atoms with Crippen LogP contribution in [0.1, 0.15) is 48.0 Å². The van der Waals surface area contributed by atoms with Crippen LogP contribution in [0.3, 0.4) is 0 Å². The van der Waals surface area contributed by atoms with Gasteiger partial charge in [-0.1, -0.05) is 107 Å². The number of amides is 1. The van der Waals surface area contributed by atoms with Gasteiger partial charge in [0, 0.05) is 6.42 Å². The van der Waals surface area contributed by atoms with Crippen LogP contribution in [-0.2, 0) is 9.16 Å². The Morgan fingerprint density at radius 2 is 1.46 bits per heavy atom. The van der Waals surface area contributed by atoms with Gasteiger partial charge in [-0.25, -0.2) is 4.79 Å². The van der Waals surface area contributed by atoms with E-state index in [1.807, 2.05) is 36.4 Å². The lowest BCUT2D eigenvalue weighted by Crippen LogP contribution is -2.69. The lowest BCUT2D eigenvalue weighted by Gasteiger charge is -2.46. The number of aliphatic hydroxyl groups is 1. The third-order valence-corrected chi connectivity index (χ3v) is 12.2. The molecule has 2 aromatic rings. The number of alkyl carbamates (subject to hydrolysis) is 1. The van der Waals surface area contributed by atoms with E-state index in [2.05, 4.69) is 88.0 Å². The highest BCUT2D eigenvalue weighted by Crippen LogP contribution is 2.38. The normalized spacial score (nSPS) is 14.8. The minimum atomic E-state index is -3.02. The first-order chi connectivity index (χ1) is 18.0. The maximum Gasteiger partial charge on any atom is 0.408 e. The smallest absolute Gasteiger partial charge is 0.408 e. The molecular formula is C32H47NO4Si2. The van der Waals surface area contributed by atoms with Gasteiger partial charge < -0.3 is 19.6 Å². The van der Waals surface area contributed by atoms with E-state index in [9.17, 15) is 9.90 Å². The molecule has 0 unspecified atom stereocenters. The molecule has 1 amide bonds. The molecule has 0 fully saturated rings. The highest BCUT2D eigenvalue weighted by molar-refractivity contribution is 6.99. The van der Waals surface area contributed by atoms with E-state index in [0.717, 1.165) is 10.4 Å². The van der Waals surface area contributed by atoms with Crippen molar-refractivity contribution in [2.24, 2.45) is 0 Å². The van der Waals surface area contributed by atoms with Crippen LogP contribution in [0.5, 0.6) is 0 Å². The fourth-order valence-electron chi connectivity index (χ4n) is 4.57. The van der Waals surface area contributed by atoms with E-state index in [1.165, 1.54) is 6.08 Å². The molecule has 0 aliphatic carbocycles. The monoisotopic (exact) mass is 565 g/mol. The summed E-state index contributed by atoms with van der Waals surface area (Å²) in [7, 11) is -4.70. The molecule has 0 bridgehead atoms. The van der Waals surface area contributed by atoms with Crippen molar-refractivity contribution in [3.8, 4) is 11.5 Å². The van der Waals surface area contributed by atoms with Gasteiger partial charge in [-0.2, -0.15) is 0 Å². The maximum absolute atomic E-state index is 13.0. The number of carbonyl (C=O) groups is 1. The first kappa shape index (κ1) is 32.6. The van der Waals surface area contributed by atoms with Crippen molar-refractivity contribution in [1.29, 1.82) is 0 Å². The SMILES string of the molecule is C=C[C@@H](O)[C@H](NC(=O)OC(C)(C)C)[C@@H](CC#C[Si](C)(C)C)O[Si](c1ccccc1)(c1ccccc1)C(C)(C)C. The van der Waals surface area contributed by atoms with Crippen molar-refractivity contribution in [2.45, 2.75) is 96.5 Å². The lowest BCUT2D eigenvalue weighted by molar-refractivity contribution is 0.0297. The second kappa shape index (κ2) is 13.1. The Balaban J connectivity index is 2.76. The fraction of sp³-hybridized carbons (Fsp3) is 0.469. The molecule has 3 atom stereocenters. The van der Waals surface area contributed by atoms with Crippen LogP contribution in [-0.4, -0.2) is 51.4 Å². The first-order valence-electron chi connectivity index (χ1n) is 13.6. The molecule has 2 N–H and O–H groups in total. The number of carbonyl (C=O) groups excluding carboxylic acids is 1. The average Bonchev–Trinajstić information content (AvgIpc) is 2.83. The van der Waals surface area contributed by atoms with Crippen molar-refractivity contribution in [3.63, 3.8) is 0 Å². The Morgan fingerprint density at radius 3 is 1.85 bits per heavy atom. The number of rotatable bonds is 9. The van der Waals surface area contributed by atoms with E-state index >= 15 is 0 Å². The van der Waals surface area contributed by atoms with E-state index in [4.69, 9.17) is 9.16 Å². The Labute approximate surface area is 238 Å². The first-order valence-corrected chi connectivity index (χ1v) is 19.0. The largest absolute Gasteiger partial charge is 0.444 e. The van der Waals surface area contributed by atoms with Crippen LogP contribution in [0, 0.1) is 11.5 Å². The van der Waals surface area contributed by atoms with Crippen LogP contribution >= 0.6 is 0 Å². The van der Waals surface area contributed by atoms with Crippen LogP contribution in [0.4, 0.5) is 4.79 Å². The Hall–Kier alpha value is -2.64. The van der Waals surface area contributed by atoms with Crippen molar-refractivity contribution in [3.05, 3.63) is 73.3 Å². The van der Waals surface area contributed by atoms with Crippen LogP contribution < -0.4 is 15.7 Å². The Morgan fingerprint density at radius 1 is 0.974 bits per heavy atom. The highest BCUT2D eigenvalue weighted by atomic mass is 28.4. The maximum atomic E-state index is 13.0. The van der Waals surface area contributed by atoms with Crippen molar-refractivity contribution in [1.82, 2.24) is 5.32 Å². The molecule has 2 rings (SSSR count). The predicted octanol–water partition coefficient (Wildman–Crippen LogP) is 5.64. The highest BCUT2D eigenvalue weighted by Gasteiger charge is 2.52. The van der Waals surface area contributed by atoms with Gasteiger partial charge in [0.1, 0.15) is 13.7 Å². The zero-order valence-electron chi connectivity index (χ0n) is 25.2. The topological polar surface area (TPSA) is 67.8 Å². The van der Waals surface area contributed by atoms with Gasteiger partial charge in [-0.3, -0.25) is 0 Å². The van der Waals surface area contributed by atoms with Crippen LogP contribution in [0.15, 0.2) is 73.3 Å². The minimum absolute atomic E-state index is 0.296. The van der Waals surface area contributed by atoms with Crippen molar-refractivity contribution in [2.75, 3.05) is 0 Å². The zero-order valence-corrected chi connectivity index (χ0v) is 27.2. The summed E-state index contributed by atoms with van der Waals surface area (Å²) in [5.41, 5.74) is 2.74. The second-order valence-electron chi connectivity index (χ2n) is 13.0. The number of hydrogen-bond acceptors (Lipinski definition) is 4. The standard InChI is InChI=1S/C32H47NO4Si2/c1-11-27(34)29(33-30(35)36-31(2,3)4)28(23-18-24-38(8,9)10)37-39(32(5,6)7,25-19-14-12-15-20-25)26-21-16-13-17-22-26/h11-17,19-22,27-29,34H,1,23H2,2-10H3,(H,33,35)/t27-,28-,29+/m1/s1. The summed E-state index contributed by atoms with van der Waals surface area (Å²) in [5.74, 6) is 3.35. The number of nitrogens with one attached hydrogen (secondary N) is 1. The molecule has 0 radical (unpaired) electrons. The van der Waals surface area contributed by atoms with E-state index in [0.29, 0.717) is 6.42 Å². The van der Waals surface area contributed by atoms with Crippen LogP contribution in [0.25, 0.3) is 0 Å². The number of aliphatic hydroxyl groups excluding tert-OH is 1. The molecular weight excluding hydrogens is 519 g/mol. The summed E-state index contributed by atoms with van der Waals surface area (Å²) in [4.78, 5) is 13.0. The summed E-state index contributed by atoms with van der Waals surface area (Å²) in [6.07, 6.45) is -0.576. The van der Waals surface area contributed by atoms with Crippen LogP contribution in [0.2, 0.25) is 24.7 Å². The molecule has 5 nitrogen and oxygen atoms in total. The number of hydrogen-bond donors (Lipinski definition) is 2. The molecule has 0 saturated heterocycles.